The summed E-state index contributed by atoms with van der Waals surface area (Å²) in [7, 11) is 0. The smallest absolute Gasteiger partial charge is 0.175 e. The van der Waals surface area contributed by atoms with Crippen molar-refractivity contribution in [3.63, 3.8) is 0 Å². The normalized spacial score (nSPS) is 21.2. The van der Waals surface area contributed by atoms with Crippen molar-refractivity contribution in [3.05, 3.63) is 29.6 Å². The third kappa shape index (κ3) is 2.43. The van der Waals surface area contributed by atoms with Crippen LogP contribution in [0.4, 0.5) is 10.1 Å². The maximum Gasteiger partial charge on any atom is 0.175 e. The molecule has 0 aromatic heterocycles. The quantitative estimate of drug-likeness (QED) is 0.377. The molecule has 0 spiro atoms. The molecule has 5 nitrogen and oxygen atoms in total. The fourth-order valence-electron chi connectivity index (χ4n) is 2.85. The number of benzene rings is 1. The molecule has 0 amide bonds. The van der Waals surface area contributed by atoms with Gasteiger partial charge in [0.25, 0.3) is 0 Å². The summed E-state index contributed by atoms with van der Waals surface area (Å²) in [6.45, 7) is 3.64. The highest BCUT2D eigenvalue weighted by Gasteiger charge is 2.32. The number of anilines is 1. The van der Waals surface area contributed by atoms with Crippen LogP contribution in [0.5, 0.6) is 0 Å². The van der Waals surface area contributed by atoms with E-state index in [1.165, 1.54) is 18.9 Å². The highest BCUT2D eigenvalue weighted by Crippen LogP contribution is 2.30. The van der Waals surface area contributed by atoms with Gasteiger partial charge in [-0.1, -0.05) is 11.2 Å². The second-order valence-corrected chi connectivity index (χ2v) is 5.37. The molecule has 1 aliphatic heterocycles. The van der Waals surface area contributed by atoms with E-state index in [1.54, 1.807) is 6.07 Å². The Kier molecular flexibility index (Phi) is 3.48. The summed E-state index contributed by atoms with van der Waals surface area (Å²) in [5.74, 6) is -0.634. The van der Waals surface area contributed by atoms with Gasteiger partial charge >= 0.3 is 0 Å². The maximum absolute atomic E-state index is 13.9. The number of nitrogens with two attached hydrogens (primary N) is 1. The molecular weight excluding hydrogens is 259 g/mol. The third-order valence-electron chi connectivity index (χ3n) is 4.07. The topological polar surface area (TPSA) is 65.1 Å². The molecule has 108 valence electrons. The molecule has 1 heterocycles. The molecule has 0 unspecified atom stereocenters. The Balaban J connectivity index is 1.81. The summed E-state index contributed by atoms with van der Waals surface area (Å²) in [4.78, 5) is 4.59. The van der Waals surface area contributed by atoms with Gasteiger partial charge in [0.1, 0.15) is 5.82 Å². The van der Waals surface area contributed by atoms with E-state index in [0.717, 1.165) is 32.2 Å². The minimum Gasteiger partial charge on any atom is -0.409 e. The highest BCUT2D eigenvalue weighted by molar-refractivity contribution is 6.02. The highest BCUT2D eigenvalue weighted by atomic mass is 19.1. The second-order valence-electron chi connectivity index (χ2n) is 5.37. The standard InChI is InChI=1S/C14H19FN4O/c15-11-2-1-3-12(13(11)14(16)17-20)19-8-6-18(7-9-19)10-4-5-10/h1-3,10,20H,4-9H2,(H2,16,17). The lowest BCUT2D eigenvalue weighted by molar-refractivity contribution is 0.248. The molecule has 20 heavy (non-hydrogen) atoms. The predicted octanol–water partition coefficient (Wildman–Crippen LogP) is 1.20. The molecule has 1 aliphatic carbocycles. The lowest BCUT2D eigenvalue weighted by Crippen LogP contribution is -2.47. The Labute approximate surface area is 117 Å². The summed E-state index contributed by atoms with van der Waals surface area (Å²) in [6.07, 6.45) is 2.60. The van der Waals surface area contributed by atoms with Crippen molar-refractivity contribution in [2.45, 2.75) is 18.9 Å². The second kappa shape index (κ2) is 5.28. The van der Waals surface area contributed by atoms with Crippen molar-refractivity contribution in [1.82, 2.24) is 4.90 Å². The number of amidine groups is 1. The summed E-state index contributed by atoms with van der Waals surface area (Å²) in [6, 6.07) is 5.57. The first kappa shape index (κ1) is 13.2. The van der Waals surface area contributed by atoms with Crippen LogP contribution in [0.1, 0.15) is 18.4 Å². The fraction of sp³-hybridized carbons (Fsp3) is 0.500. The Morgan fingerprint density at radius 2 is 1.95 bits per heavy atom. The predicted molar refractivity (Wildman–Crippen MR) is 75.7 cm³/mol. The van der Waals surface area contributed by atoms with Gasteiger partial charge in [0.05, 0.1) is 11.3 Å². The Bertz CT molecular complexity index is 522. The number of nitrogens with zero attached hydrogens (tertiary/aromatic N) is 3. The molecule has 3 rings (SSSR count). The Hall–Kier alpha value is -1.82. The minimum absolute atomic E-state index is 0.178. The maximum atomic E-state index is 13.9. The molecule has 6 heteroatoms. The lowest BCUT2D eigenvalue weighted by Gasteiger charge is -2.37. The van der Waals surface area contributed by atoms with E-state index < -0.39 is 5.82 Å². The van der Waals surface area contributed by atoms with Crippen LogP contribution in [0.25, 0.3) is 0 Å². The van der Waals surface area contributed by atoms with Gasteiger partial charge in [-0.05, 0) is 25.0 Å². The zero-order chi connectivity index (χ0) is 14.1. The molecule has 1 aromatic rings. The average molecular weight is 278 g/mol. The number of oxime groups is 1. The van der Waals surface area contributed by atoms with Crippen LogP contribution in [0.2, 0.25) is 0 Å². The number of piperazine rings is 1. The molecule has 0 atom stereocenters. The summed E-state index contributed by atoms with van der Waals surface area (Å²) in [5.41, 5.74) is 6.51. The number of rotatable bonds is 3. The molecule has 0 bridgehead atoms. The van der Waals surface area contributed by atoms with Crippen LogP contribution in [0.15, 0.2) is 23.4 Å². The van der Waals surface area contributed by atoms with Crippen molar-refractivity contribution >= 4 is 11.5 Å². The first-order valence-corrected chi connectivity index (χ1v) is 6.96. The van der Waals surface area contributed by atoms with Crippen LogP contribution in [-0.2, 0) is 0 Å². The fourth-order valence-corrected chi connectivity index (χ4v) is 2.85. The van der Waals surface area contributed by atoms with E-state index >= 15 is 0 Å². The molecule has 1 saturated carbocycles. The zero-order valence-corrected chi connectivity index (χ0v) is 11.3. The van der Waals surface area contributed by atoms with Crippen LogP contribution in [0, 0.1) is 5.82 Å². The average Bonchev–Trinajstić information content (AvgIpc) is 3.31. The summed E-state index contributed by atoms with van der Waals surface area (Å²) < 4.78 is 13.9. The zero-order valence-electron chi connectivity index (χ0n) is 11.3. The summed E-state index contributed by atoms with van der Waals surface area (Å²) >= 11 is 0. The Morgan fingerprint density at radius 3 is 2.55 bits per heavy atom. The number of hydrogen-bond acceptors (Lipinski definition) is 4. The first-order chi connectivity index (χ1) is 9.70. The van der Waals surface area contributed by atoms with Crippen molar-refractivity contribution in [2.75, 3.05) is 31.1 Å². The van der Waals surface area contributed by atoms with Gasteiger partial charge in [-0.3, -0.25) is 4.90 Å². The van der Waals surface area contributed by atoms with E-state index in [9.17, 15) is 4.39 Å². The molecule has 1 saturated heterocycles. The minimum atomic E-state index is -0.456. The van der Waals surface area contributed by atoms with E-state index in [-0.39, 0.29) is 11.4 Å². The van der Waals surface area contributed by atoms with Gasteiger partial charge in [-0.25, -0.2) is 4.39 Å². The van der Waals surface area contributed by atoms with Crippen molar-refractivity contribution < 1.29 is 9.60 Å². The van der Waals surface area contributed by atoms with E-state index in [4.69, 9.17) is 10.9 Å². The molecule has 0 radical (unpaired) electrons. The van der Waals surface area contributed by atoms with E-state index in [0.29, 0.717) is 5.69 Å². The molecule has 2 fully saturated rings. The van der Waals surface area contributed by atoms with Gasteiger partial charge in [-0.2, -0.15) is 0 Å². The molecule has 3 N–H and O–H groups in total. The van der Waals surface area contributed by atoms with Crippen LogP contribution in [0.3, 0.4) is 0 Å². The molecular formula is C14H19FN4O. The van der Waals surface area contributed by atoms with Gasteiger partial charge < -0.3 is 15.8 Å². The van der Waals surface area contributed by atoms with Gasteiger partial charge in [-0.15, -0.1) is 0 Å². The SMILES string of the molecule is NC(=NO)c1c(F)cccc1N1CCN(C2CC2)CC1. The van der Waals surface area contributed by atoms with Crippen molar-refractivity contribution in [2.24, 2.45) is 10.9 Å². The van der Waals surface area contributed by atoms with Crippen LogP contribution in [-0.4, -0.2) is 48.2 Å². The van der Waals surface area contributed by atoms with Gasteiger partial charge in [0.2, 0.25) is 0 Å². The molecule has 2 aliphatic rings. The van der Waals surface area contributed by atoms with Crippen LogP contribution >= 0.6 is 0 Å². The first-order valence-electron chi connectivity index (χ1n) is 6.96. The van der Waals surface area contributed by atoms with Crippen molar-refractivity contribution in [1.29, 1.82) is 0 Å². The van der Waals surface area contributed by atoms with Gasteiger partial charge in [0.15, 0.2) is 5.84 Å². The summed E-state index contributed by atoms with van der Waals surface area (Å²) in [5, 5.41) is 11.8. The van der Waals surface area contributed by atoms with Gasteiger partial charge in [0, 0.05) is 32.2 Å². The van der Waals surface area contributed by atoms with E-state index in [2.05, 4.69) is 15.0 Å². The largest absolute Gasteiger partial charge is 0.409 e. The van der Waals surface area contributed by atoms with Crippen molar-refractivity contribution in [3.8, 4) is 0 Å². The monoisotopic (exact) mass is 278 g/mol. The number of halogens is 1. The third-order valence-corrected chi connectivity index (χ3v) is 4.07. The van der Waals surface area contributed by atoms with Crippen LogP contribution < -0.4 is 10.6 Å². The van der Waals surface area contributed by atoms with E-state index in [1.807, 2.05) is 6.07 Å². The lowest BCUT2D eigenvalue weighted by atomic mass is 10.1. The number of hydrogen-bond donors (Lipinski definition) is 2. The molecule has 1 aromatic carbocycles. The Morgan fingerprint density at radius 1 is 1.25 bits per heavy atom.